The van der Waals surface area contributed by atoms with Crippen molar-refractivity contribution in [1.82, 2.24) is 10.0 Å². The minimum Gasteiger partial charge on any atom is -0.350 e. The Hall–Kier alpha value is -1.54. The fraction of sp³-hybridized carbons (Fsp3) is 0.857. The number of hydrazine groups is 2. The van der Waals surface area contributed by atoms with E-state index in [2.05, 4.69) is 0 Å². The molecule has 0 aliphatic rings. The average Bonchev–Trinajstić information content (AvgIpc) is 2.48. The molecule has 1 unspecified atom stereocenters. The molecule has 22 heavy (non-hydrogen) atoms. The lowest BCUT2D eigenvalue weighted by Gasteiger charge is -2.24. The largest absolute Gasteiger partial charge is 0.350 e. The van der Waals surface area contributed by atoms with Crippen molar-refractivity contribution in [3.63, 3.8) is 0 Å². The van der Waals surface area contributed by atoms with E-state index < -0.39 is 12.1 Å². The Labute approximate surface area is 133 Å². The van der Waals surface area contributed by atoms with Crippen LogP contribution in [0.3, 0.4) is 0 Å². The summed E-state index contributed by atoms with van der Waals surface area (Å²) < 4.78 is 0. The number of hydrogen-bond donors (Lipinski definition) is 4. The Morgan fingerprint density at radius 1 is 0.864 bits per heavy atom. The van der Waals surface area contributed by atoms with Crippen LogP contribution in [0, 0.1) is 0 Å². The second-order valence-corrected chi connectivity index (χ2v) is 5.60. The fourth-order valence-electron chi connectivity index (χ4n) is 2.38. The SMILES string of the molecule is CCC(CCCCCCCCCN(N)C(N)=O)N(N)C(N)=O. The Morgan fingerprint density at radius 2 is 1.36 bits per heavy atom. The van der Waals surface area contributed by atoms with Crippen molar-refractivity contribution in [2.75, 3.05) is 6.54 Å². The standard InChI is InChI=1S/C14H32N6O2/c1-2-12(20(18)14(16)22)10-8-6-4-3-5-7-9-11-19(17)13(15)21/h12H,2-11,17-18H2,1H3,(H2,15,21)(H2,16,22). The van der Waals surface area contributed by atoms with Crippen molar-refractivity contribution in [2.45, 2.75) is 70.8 Å². The van der Waals surface area contributed by atoms with E-state index in [1.165, 1.54) is 0 Å². The lowest BCUT2D eigenvalue weighted by molar-refractivity contribution is 0.177. The molecule has 0 aromatic rings. The molecule has 0 rings (SSSR count). The molecule has 0 fully saturated rings. The van der Waals surface area contributed by atoms with Gasteiger partial charge in [0.25, 0.3) is 0 Å². The minimum atomic E-state index is -0.588. The van der Waals surface area contributed by atoms with Crippen molar-refractivity contribution in [1.29, 1.82) is 0 Å². The molecule has 130 valence electrons. The van der Waals surface area contributed by atoms with E-state index in [0.29, 0.717) is 6.54 Å². The van der Waals surface area contributed by atoms with Crippen molar-refractivity contribution >= 4 is 12.1 Å². The van der Waals surface area contributed by atoms with Gasteiger partial charge in [-0.2, -0.15) is 0 Å². The molecule has 0 saturated carbocycles. The maximum absolute atomic E-state index is 11.0. The molecule has 0 radical (unpaired) electrons. The molecule has 8 N–H and O–H groups in total. The maximum Gasteiger partial charge on any atom is 0.329 e. The van der Waals surface area contributed by atoms with Gasteiger partial charge in [0.15, 0.2) is 0 Å². The van der Waals surface area contributed by atoms with E-state index in [0.717, 1.165) is 67.8 Å². The van der Waals surface area contributed by atoms with E-state index in [1.54, 1.807) is 0 Å². The summed E-state index contributed by atoms with van der Waals surface area (Å²) >= 11 is 0. The predicted octanol–water partition coefficient (Wildman–Crippen LogP) is 1.39. The highest BCUT2D eigenvalue weighted by Crippen LogP contribution is 2.13. The molecule has 0 saturated heterocycles. The molecule has 0 spiro atoms. The number of unbranched alkanes of at least 4 members (excludes halogenated alkanes) is 6. The maximum atomic E-state index is 11.0. The number of amides is 4. The summed E-state index contributed by atoms with van der Waals surface area (Å²) in [6.45, 7) is 2.51. The van der Waals surface area contributed by atoms with Crippen LogP contribution in [0.15, 0.2) is 0 Å². The predicted molar refractivity (Wildman–Crippen MR) is 87.1 cm³/mol. The quantitative estimate of drug-likeness (QED) is 0.186. The minimum absolute atomic E-state index is 0.0295. The molecular weight excluding hydrogens is 284 g/mol. The third kappa shape index (κ3) is 9.41. The van der Waals surface area contributed by atoms with Crippen molar-refractivity contribution in [2.24, 2.45) is 23.2 Å². The molecule has 0 aromatic carbocycles. The van der Waals surface area contributed by atoms with Gasteiger partial charge in [-0.15, -0.1) is 0 Å². The van der Waals surface area contributed by atoms with Gasteiger partial charge in [-0.25, -0.2) is 21.3 Å². The first-order valence-corrected chi connectivity index (χ1v) is 8.05. The highest BCUT2D eigenvalue weighted by Gasteiger charge is 2.15. The van der Waals surface area contributed by atoms with Gasteiger partial charge in [0.2, 0.25) is 0 Å². The van der Waals surface area contributed by atoms with E-state index in [9.17, 15) is 9.59 Å². The zero-order valence-corrected chi connectivity index (χ0v) is 13.7. The monoisotopic (exact) mass is 316 g/mol. The van der Waals surface area contributed by atoms with Gasteiger partial charge in [0.1, 0.15) is 0 Å². The molecule has 0 aliphatic carbocycles. The summed E-state index contributed by atoms with van der Waals surface area (Å²) in [5, 5.41) is 2.18. The van der Waals surface area contributed by atoms with Crippen LogP contribution in [0.2, 0.25) is 0 Å². The van der Waals surface area contributed by atoms with Crippen molar-refractivity contribution in [3.05, 3.63) is 0 Å². The first-order valence-electron chi connectivity index (χ1n) is 8.05. The van der Waals surface area contributed by atoms with E-state index >= 15 is 0 Å². The van der Waals surface area contributed by atoms with Crippen LogP contribution in [0.25, 0.3) is 0 Å². The van der Waals surface area contributed by atoms with Crippen LogP contribution >= 0.6 is 0 Å². The zero-order chi connectivity index (χ0) is 17.0. The summed E-state index contributed by atoms with van der Waals surface area (Å²) in [4.78, 5) is 21.7. The van der Waals surface area contributed by atoms with Gasteiger partial charge in [-0.1, -0.05) is 45.4 Å². The number of hydrogen-bond acceptors (Lipinski definition) is 4. The first kappa shape index (κ1) is 20.5. The number of nitrogens with zero attached hydrogens (tertiary/aromatic N) is 2. The molecule has 4 amide bonds. The van der Waals surface area contributed by atoms with Gasteiger partial charge in [-0.3, -0.25) is 10.0 Å². The lowest BCUT2D eigenvalue weighted by atomic mass is 10.0. The number of nitrogens with two attached hydrogens (primary N) is 4. The van der Waals surface area contributed by atoms with Crippen LogP contribution in [0.1, 0.15) is 64.7 Å². The Morgan fingerprint density at radius 3 is 1.82 bits per heavy atom. The van der Waals surface area contributed by atoms with Crippen molar-refractivity contribution < 1.29 is 9.59 Å². The molecule has 0 bridgehead atoms. The summed E-state index contributed by atoms with van der Waals surface area (Å²) in [5.74, 6) is 11.0. The average molecular weight is 316 g/mol. The number of urea groups is 2. The lowest BCUT2D eigenvalue weighted by Crippen LogP contribution is -2.48. The van der Waals surface area contributed by atoms with Crippen LogP contribution in [-0.2, 0) is 0 Å². The molecule has 8 nitrogen and oxygen atoms in total. The highest BCUT2D eigenvalue weighted by atomic mass is 16.2. The zero-order valence-electron chi connectivity index (χ0n) is 13.7. The summed E-state index contributed by atoms with van der Waals surface area (Å²) in [6, 6.07) is -1.13. The molecule has 8 heteroatoms. The van der Waals surface area contributed by atoms with Crippen LogP contribution in [0.5, 0.6) is 0 Å². The summed E-state index contributed by atoms with van der Waals surface area (Å²) in [5.41, 5.74) is 10.2. The van der Waals surface area contributed by atoms with Crippen LogP contribution in [-0.4, -0.2) is 34.7 Å². The van der Waals surface area contributed by atoms with Crippen molar-refractivity contribution in [3.8, 4) is 0 Å². The molecule has 1 atom stereocenters. The Bertz CT molecular complexity index is 326. The third-order valence-electron chi connectivity index (χ3n) is 3.84. The van der Waals surface area contributed by atoms with Gasteiger partial charge >= 0.3 is 12.1 Å². The second kappa shape index (κ2) is 12.0. The topological polar surface area (TPSA) is 145 Å². The smallest absolute Gasteiger partial charge is 0.329 e. The van der Waals surface area contributed by atoms with Crippen LogP contribution < -0.4 is 23.2 Å². The van der Waals surface area contributed by atoms with E-state index in [-0.39, 0.29) is 6.04 Å². The molecule has 0 heterocycles. The van der Waals surface area contributed by atoms with Gasteiger partial charge in [0.05, 0.1) is 0 Å². The summed E-state index contributed by atoms with van der Waals surface area (Å²) in [6.07, 6.45) is 9.19. The second-order valence-electron chi connectivity index (χ2n) is 5.60. The number of carbonyl (C=O) groups is 2. The first-order chi connectivity index (χ1) is 10.4. The highest BCUT2D eigenvalue weighted by molar-refractivity contribution is 5.71. The number of carbonyl (C=O) groups excluding carboxylic acids is 2. The molecule has 0 aromatic heterocycles. The number of rotatable bonds is 12. The van der Waals surface area contributed by atoms with Gasteiger partial charge in [0, 0.05) is 12.6 Å². The summed E-state index contributed by atoms with van der Waals surface area (Å²) in [7, 11) is 0. The Balaban J connectivity index is 3.50. The normalized spacial score (nSPS) is 12.0. The number of primary amides is 2. The third-order valence-corrected chi connectivity index (χ3v) is 3.84. The molecule has 0 aliphatic heterocycles. The van der Waals surface area contributed by atoms with E-state index in [1.807, 2.05) is 6.92 Å². The van der Waals surface area contributed by atoms with Gasteiger partial charge < -0.3 is 11.5 Å². The van der Waals surface area contributed by atoms with Gasteiger partial charge in [-0.05, 0) is 19.3 Å². The fourth-order valence-corrected chi connectivity index (χ4v) is 2.38. The Kier molecular flexibility index (Phi) is 11.2. The van der Waals surface area contributed by atoms with Crippen LogP contribution in [0.4, 0.5) is 9.59 Å². The van der Waals surface area contributed by atoms with E-state index in [4.69, 9.17) is 23.2 Å². The molecular formula is C14H32N6O2.